The minimum Gasteiger partial charge on any atom is -0.464 e. The van der Waals surface area contributed by atoms with E-state index in [1.165, 1.54) is 12.1 Å². The molecule has 0 radical (unpaired) electrons. The fourth-order valence-electron chi connectivity index (χ4n) is 1.30. The van der Waals surface area contributed by atoms with Crippen LogP contribution in [0.3, 0.4) is 0 Å². The molecular formula is C12H17NO4S. The molecule has 0 aromatic heterocycles. The van der Waals surface area contributed by atoms with Crippen molar-refractivity contribution < 1.29 is 17.9 Å². The van der Waals surface area contributed by atoms with E-state index in [2.05, 4.69) is 0 Å². The Morgan fingerprint density at radius 3 is 2.33 bits per heavy atom. The minimum atomic E-state index is -3.17. The van der Waals surface area contributed by atoms with E-state index >= 15 is 0 Å². The number of hydrogen-bond donors (Lipinski definition) is 1. The van der Waals surface area contributed by atoms with Crippen LogP contribution in [0, 0.1) is 0 Å². The van der Waals surface area contributed by atoms with Crippen molar-refractivity contribution >= 4 is 15.8 Å². The molecule has 0 bridgehead atoms. The lowest BCUT2D eigenvalue weighted by Gasteiger charge is -2.07. The number of benzene rings is 1. The van der Waals surface area contributed by atoms with Crippen LogP contribution in [0.1, 0.15) is 12.5 Å². The summed E-state index contributed by atoms with van der Waals surface area (Å²) in [5.41, 5.74) is 6.24. The van der Waals surface area contributed by atoms with Gasteiger partial charge >= 0.3 is 5.97 Å². The molecule has 1 rings (SSSR count). The van der Waals surface area contributed by atoms with Gasteiger partial charge in [-0.15, -0.1) is 0 Å². The van der Waals surface area contributed by atoms with Crippen LogP contribution in [0.2, 0.25) is 0 Å². The van der Waals surface area contributed by atoms with Gasteiger partial charge in [0.2, 0.25) is 0 Å². The van der Waals surface area contributed by atoms with E-state index < -0.39 is 21.8 Å². The Kier molecular flexibility index (Phi) is 4.86. The van der Waals surface area contributed by atoms with Crippen molar-refractivity contribution in [1.29, 1.82) is 0 Å². The van der Waals surface area contributed by atoms with Crippen LogP contribution in [0.25, 0.3) is 0 Å². The third-order valence-electron chi connectivity index (χ3n) is 2.36. The highest BCUT2D eigenvalue weighted by atomic mass is 32.2. The molecule has 18 heavy (non-hydrogen) atoms. The highest BCUT2D eigenvalue weighted by Gasteiger charge is 2.09. The van der Waals surface area contributed by atoms with E-state index in [1.807, 2.05) is 0 Å². The summed E-state index contributed by atoms with van der Waals surface area (Å²) in [7, 11) is -3.17. The molecule has 0 amide bonds. The van der Waals surface area contributed by atoms with Crippen LogP contribution >= 0.6 is 0 Å². The molecule has 1 aromatic rings. The zero-order valence-electron chi connectivity index (χ0n) is 10.4. The Balaban J connectivity index is 2.53. The van der Waals surface area contributed by atoms with E-state index in [9.17, 15) is 13.2 Å². The van der Waals surface area contributed by atoms with Crippen LogP contribution in [0.5, 0.6) is 0 Å². The monoisotopic (exact) mass is 271 g/mol. The molecule has 0 spiro atoms. The highest BCUT2D eigenvalue weighted by Crippen LogP contribution is 2.10. The normalized spacial score (nSPS) is 13.1. The molecule has 100 valence electrons. The minimum absolute atomic E-state index is 0.235. The summed E-state index contributed by atoms with van der Waals surface area (Å²) in [6.45, 7) is 1.79. The van der Waals surface area contributed by atoms with E-state index in [0.717, 1.165) is 11.8 Å². The first-order valence-electron chi connectivity index (χ1n) is 5.52. The lowest BCUT2D eigenvalue weighted by Crippen LogP contribution is -2.29. The standard InChI is InChI=1S/C12H17NO4S/c1-9(13)12(14)17-8-7-10-3-5-11(6-4-10)18(2,15)16/h3-6,9H,7-8,13H2,1-2H3. The molecule has 6 heteroatoms. The number of rotatable bonds is 5. The van der Waals surface area contributed by atoms with Crippen molar-refractivity contribution in [2.45, 2.75) is 24.3 Å². The van der Waals surface area contributed by atoms with E-state index in [0.29, 0.717) is 6.42 Å². The molecular weight excluding hydrogens is 254 g/mol. The average Bonchev–Trinajstić information content (AvgIpc) is 2.28. The first-order chi connectivity index (χ1) is 8.30. The van der Waals surface area contributed by atoms with E-state index in [1.54, 1.807) is 19.1 Å². The van der Waals surface area contributed by atoms with Gasteiger partial charge in [-0.25, -0.2) is 8.42 Å². The number of hydrogen-bond acceptors (Lipinski definition) is 5. The van der Waals surface area contributed by atoms with Crippen molar-refractivity contribution in [3.8, 4) is 0 Å². The Hall–Kier alpha value is -1.40. The van der Waals surface area contributed by atoms with E-state index in [4.69, 9.17) is 10.5 Å². The zero-order chi connectivity index (χ0) is 13.8. The lowest BCUT2D eigenvalue weighted by atomic mass is 10.2. The van der Waals surface area contributed by atoms with Gasteiger partial charge in [-0.05, 0) is 24.6 Å². The second-order valence-corrected chi connectivity index (χ2v) is 6.14. The van der Waals surface area contributed by atoms with Crippen LogP contribution in [-0.4, -0.2) is 33.3 Å². The van der Waals surface area contributed by atoms with Crippen LogP contribution < -0.4 is 5.73 Å². The fraction of sp³-hybridized carbons (Fsp3) is 0.417. The summed E-state index contributed by atoms with van der Waals surface area (Å²) in [4.78, 5) is 11.4. The zero-order valence-corrected chi connectivity index (χ0v) is 11.2. The Labute approximate surface area is 107 Å². The molecule has 1 unspecified atom stereocenters. The van der Waals surface area contributed by atoms with E-state index in [-0.39, 0.29) is 11.5 Å². The second-order valence-electron chi connectivity index (χ2n) is 4.12. The van der Waals surface area contributed by atoms with Gasteiger partial charge in [0.05, 0.1) is 11.5 Å². The number of nitrogens with two attached hydrogens (primary N) is 1. The van der Waals surface area contributed by atoms with Crippen molar-refractivity contribution in [3.05, 3.63) is 29.8 Å². The molecule has 1 atom stereocenters. The molecule has 0 saturated carbocycles. The predicted molar refractivity (Wildman–Crippen MR) is 67.9 cm³/mol. The molecule has 0 aliphatic rings. The van der Waals surface area contributed by atoms with Crippen molar-refractivity contribution in [2.75, 3.05) is 12.9 Å². The topological polar surface area (TPSA) is 86.5 Å². The molecule has 0 aliphatic heterocycles. The first kappa shape index (κ1) is 14.7. The Morgan fingerprint density at radius 2 is 1.89 bits per heavy atom. The first-order valence-corrected chi connectivity index (χ1v) is 7.41. The van der Waals surface area contributed by atoms with Gasteiger partial charge in [0.1, 0.15) is 6.04 Å². The molecule has 0 heterocycles. The molecule has 0 aliphatic carbocycles. The maximum atomic E-state index is 11.2. The fourth-order valence-corrected chi connectivity index (χ4v) is 1.93. The van der Waals surface area contributed by atoms with Gasteiger partial charge in [0.25, 0.3) is 0 Å². The number of sulfone groups is 1. The molecule has 5 nitrogen and oxygen atoms in total. The summed E-state index contributed by atoms with van der Waals surface area (Å²) in [5.74, 6) is -0.442. The SMILES string of the molecule is CC(N)C(=O)OCCc1ccc(S(C)(=O)=O)cc1. The van der Waals surface area contributed by atoms with Crippen molar-refractivity contribution in [2.24, 2.45) is 5.73 Å². The van der Waals surface area contributed by atoms with Gasteiger partial charge in [0, 0.05) is 12.7 Å². The quantitative estimate of drug-likeness (QED) is 0.789. The summed E-state index contributed by atoms with van der Waals surface area (Å²) >= 11 is 0. The third-order valence-corrected chi connectivity index (χ3v) is 3.49. The van der Waals surface area contributed by atoms with Crippen LogP contribution in [-0.2, 0) is 25.8 Å². The number of carbonyl (C=O) groups excluding carboxylic acids is 1. The van der Waals surface area contributed by atoms with Crippen LogP contribution in [0.4, 0.5) is 0 Å². The van der Waals surface area contributed by atoms with Gasteiger partial charge in [-0.3, -0.25) is 4.79 Å². The Bertz CT molecular complexity index is 505. The van der Waals surface area contributed by atoms with Gasteiger partial charge < -0.3 is 10.5 Å². The summed E-state index contributed by atoms with van der Waals surface area (Å²) in [5, 5.41) is 0. The van der Waals surface area contributed by atoms with Gasteiger partial charge in [0.15, 0.2) is 9.84 Å². The van der Waals surface area contributed by atoms with Gasteiger partial charge in [-0.2, -0.15) is 0 Å². The highest BCUT2D eigenvalue weighted by molar-refractivity contribution is 7.90. The smallest absolute Gasteiger partial charge is 0.322 e. The molecule has 2 N–H and O–H groups in total. The summed E-state index contributed by atoms with van der Waals surface area (Å²) in [6.07, 6.45) is 1.69. The number of carbonyl (C=O) groups is 1. The largest absolute Gasteiger partial charge is 0.464 e. The number of esters is 1. The summed E-state index contributed by atoms with van der Waals surface area (Å²) in [6, 6.07) is 5.86. The van der Waals surface area contributed by atoms with Gasteiger partial charge in [-0.1, -0.05) is 12.1 Å². The molecule has 1 aromatic carbocycles. The third kappa shape index (κ3) is 4.46. The predicted octanol–water partition coefficient (Wildman–Crippen LogP) is 0.523. The number of ether oxygens (including phenoxy) is 1. The average molecular weight is 271 g/mol. The second kappa shape index (κ2) is 5.97. The summed E-state index contributed by atoms with van der Waals surface area (Å²) < 4.78 is 27.4. The van der Waals surface area contributed by atoms with Crippen LogP contribution in [0.15, 0.2) is 29.2 Å². The lowest BCUT2D eigenvalue weighted by molar-refractivity contribution is -0.144. The maximum Gasteiger partial charge on any atom is 0.322 e. The van der Waals surface area contributed by atoms with Crippen molar-refractivity contribution in [3.63, 3.8) is 0 Å². The maximum absolute atomic E-state index is 11.2. The Morgan fingerprint density at radius 1 is 1.33 bits per heavy atom. The molecule has 0 fully saturated rings. The molecule has 0 saturated heterocycles. The van der Waals surface area contributed by atoms with Crippen molar-refractivity contribution in [1.82, 2.24) is 0 Å².